The first-order valence-electron chi connectivity index (χ1n) is 10.2. The van der Waals surface area contributed by atoms with Crippen LogP contribution in [0.4, 0.5) is 14.9 Å². The monoisotopic (exact) mass is 428 g/mol. The van der Waals surface area contributed by atoms with Crippen LogP contribution in [0.15, 0.2) is 72.8 Å². The summed E-state index contributed by atoms with van der Waals surface area (Å²) in [6.07, 6.45) is 0.272. The number of urea groups is 1. The Labute approximate surface area is 185 Å². The first kappa shape index (κ1) is 21.1. The third-order valence-electron chi connectivity index (χ3n) is 5.38. The Morgan fingerprint density at radius 3 is 2.19 bits per heavy atom. The van der Waals surface area contributed by atoms with Crippen molar-refractivity contribution in [2.24, 2.45) is 0 Å². The van der Waals surface area contributed by atoms with E-state index in [0.29, 0.717) is 24.3 Å². The average molecular weight is 428 g/mol. The van der Waals surface area contributed by atoms with Gasteiger partial charge in [-0.1, -0.05) is 36.4 Å². The normalized spacial score (nSPS) is 13.1. The molecular weight excluding hydrogens is 407 g/mol. The van der Waals surface area contributed by atoms with Gasteiger partial charge in [-0.2, -0.15) is 5.26 Å². The summed E-state index contributed by atoms with van der Waals surface area (Å²) in [4.78, 5) is 27.7. The van der Waals surface area contributed by atoms with Crippen molar-refractivity contribution < 1.29 is 14.0 Å². The van der Waals surface area contributed by atoms with Gasteiger partial charge in [-0.15, -0.1) is 0 Å². The molecule has 0 aromatic heterocycles. The lowest BCUT2D eigenvalue weighted by Gasteiger charge is -2.24. The van der Waals surface area contributed by atoms with E-state index in [0.717, 1.165) is 16.7 Å². The number of amides is 3. The molecule has 1 aliphatic heterocycles. The largest absolute Gasteiger partial charge is 0.332 e. The number of fused-ring (bicyclic) bond motifs is 1. The molecule has 160 valence electrons. The smallest absolute Gasteiger partial charge is 0.319 e. The van der Waals surface area contributed by atoms with Crippen LogP contribution in [0.5, 0.6) is 0 Å². The van der Waals surface area contributed by atoms with Gasteiger partial charge in [0.15, 0.2) is 0 Å². The predicted molar refractivity (Wildman–Crippen MR) is 118 cm³/mol. The van der Waals surface area contributed by atoms with Crippen LogP contribution in [0.25, 0.3) is 0 Å². The molecule has 4 rings (SSSR count). The molecule has 1 heterocycles. The van der Waals surface area contributed by atoms with Crippen LogP contribution < -0.4 is 10.6 Å². The van der Waals surface area contributed by atoms with Crippen LogP contribution in [0.2, 0.25) is 0 Å². The summed E-state index contributed by atoms with van der Waals surface area (Å²) in [5.74, 6) is -0.599. The minimum absolute atomic E-state index is 0.195. The highest BCUT2D eigenvalue weighted by molar-refractivity contribution is 5.94. The van der Waals surface area contributed by atoms with Gasteiger partial charge < -0.3 is 15.5 Å². The Balaban J connectivity index is 1.50. The highest BCUT2D eigenvalue weighted by Gasteiger charge is 2.30. The van der Waals surface area contributed by atoms with E-state index in [4.69, 9.17) is 5.26 Å². The zero-order valence-electron chi connectivity index (χ0n) is 17.2. The van der Waals surface area contributed by atoms with Crippen molar-refractivity contribution in [3.05, 3.63) is 101 Å². The van der Waals surface area contributed by atoms with Gasteiger partial charge in [0.2, 0.25) is 5.91 Å². The van der Waals surface area contributed by atoms with Crippen molar-refractivity contribution in [2.75, 3.05) is 5.32 Å². The number of carbonyl (C=O) groups excluding carboxylic acids is 2. The minimum atomic E-state index is -0.808. The molecule has 3 aromatic carbocycles. The van der Waals surface area contributed by atoms with Gasteiger partial charge in [0.25, 0.3) is 0 Å². The number of benzene rings is 3. The van der Waals surface area contributed by atoms with Gasteiger partial charge in [0.1, 0.15) is 11.9 Å². The van der Waals surface area contributed by atoms with Gasteiger partial charge in [0.05, 0.1) is 11.6 Å². The maximum atomic E-state index is 13.4. The van der Waals surface area contributed by atoms with Crippen molar-refractivity contribution >= 4 is 17.6 Å². The minimum Gasteiger partial charge on any atom is -0.332 e. The van der Waals surface area contributed by atoms with Gasteiger partial charge in [-0.05, 0) is 53.1 Å². The van der Waals surface area contributed by atoms with Gasteiger partial charge >= 0.3 is 6.03 Å². The molecule has 0 bridgehead atoms. The molecule has 0 saturated carbocycles. The number of hydrogen-bond donors (Lipinski definition) is 2. The maximum Gasteiger partial charge on any atom is 0.319 e. The average Bonchev–Trinajstić information content (AvgIpc) is 3.24. The Bertz CT molecular complexity index is 1140. The topological polar surface area (TPSA) is 85.2 Å². The quantitative estimate of drug-likeness (QED) is 0.645. The van der Waals surface area contributed by atoms with Crippen molar-refractivity contribution in [3.63, 3.8) is 0 Å². The summed E-state index contributed by atoms with van der Waals surface area (Å²) in [6, 6.07) is 20.9. The number of anilines is 1. The number of nitrogens with zero attached hydrogens (tertiary/aromatic N) is 2. The van der Waals surface area contributed by atoms with E-state index in [9.17, 15) is 14.0 Å². The van der Waals surface area contributed by atoms with E-state index in [1.807, 2.05) is 24.3 Å². The number of nitriles is 1. The summed E-state index contributed by atoms with van der Waals surface area (Å²) in [5.41, 5.74) is 3.94. The van der Waals surface area contributed by atoms with Crippen LogP contribution in [0.1, 0.15) is 22.3 Å². The molecule has 0 aliphatic carbocycles. The van der Waals surface area contributed by atoms with E-state index < -0.39 is 17.9 Å². The lowest BCUT2D eigenvalue weighted by Crippen LogP contribution is -2.49. The van der Waals surface area contributed by atoms with Crippen LogP contribution >= 0.6 is 0 Å². The fourth-order valence-corrected chi connectivity index (χ4v) is 3.72. The summed E-state index contributed by atoms with van der Waals surface area (Å²) in [7, 11) is 0. The Hall–Kier alpha value is -4.18. The summed E-state index contributed by atoms with van der Waals surface area (Å²) in [5, 5.41) is 14.4. The number of hydrogen-bond acceptors (Lipinski definition) is 3. The zero-order valence-corrected chi connectivity index (χ0v) is 17.2. The summed E-state index contributed by atoms with van der Waals surface area (Å²) >= 11 is 0. The molecule has 3 amide bonds. The summed E-state index contributed by atoms with van der Waals surface area (Å²) in [6.45, 7) is 0.972. The number of halogens is 1. The highest BCUT2D eigenvalue weighted by atomic mass is 19.1. The van der Waals surface area contributed by atoms with Gasteiger partial charge in [-0.3, -0.25) is 4.79 Å². The Morgan fingerprint density at radius 2 is 1.59 bits per heavy atom. The standard InChI is InChI=1S/C25H21FN4O2/c26-21-9-11-22(12-10-21)28-25(32)29-23(13-17-5-7-18(14-27)8-6-17)24(31)30-15-19-3-1-2-4-20(19)16-30/h1-12,23H,13,15-16H2,(H2,28,29,32)/t23-/m0/s1. The molecule has 0 spiro atoms. The van der Waals surface area contributed by atoms with Crippen molar-refractivity contribution in [1.29, 1.82) is 5.26 Å². The van der Waals surface area contributed by atoms with E-state index in [2.05, 4.69) is 16.7 Å². The molecule has 6 nitrogen and oxygen atoms in total. The molecule has 1 aliphatic rings. The molecule has 7 heteroatoms. The first-order valence-corrected chi connectivity index (χ1v) is 10.2. The van der Waals surface area contributed by atoms with Gasteiger partial charge in [0, 0.05) is 25.2 Å². The highest BCUT2D eigenvalue weighted by Crippen LogP contribution is 2.23. The second-order valence-electron chi connectivity index (χ2n) is 7.63. The molecular formula is C25H21FN4O2. The Kier molecular flexibility index (Phi) is 6.13. The van der Waals surface area contributed by atoms with Crippen LogP contribution in [0.3, 0.4) is 0 Å². The fourth-order valence-electron chi connectivity index (χ4n) is 3.72. The number of nitrogens with one attached hydrogen (secondary N) is 2. The van der Waals surface area contributed by atoms with E-state index in [1.54, 1.807) is 29.2 Å². The Morgan fingerprint density at radius 1 is 0.969 bits per heavy atom. The molecule has 2 N–H and O–H groups in total. The predicted octanol–water partition coefficient (Wildman–Crippen LogP) is 3.97. The van der Waals surface area contributed by atoms with E-state index >= 15 is 0 Å². The van der Waals surface area contributed by atoms with E-state index in [1.165, 1.54) is 24.3 Å². The first-order chi connectivity index (χ1) is 15.5. The third kappa shape index (κ3) is 4.93. The van der Waals surface area contributed by atoms with E-state index in [-0.39, 0.29) is 12.3 Å². The zero-order chi connectivity index (χ0) is 22.5. The third-order valence-corrected chi connectivity index (χ3v) is 5.38. The molecule has 3 aromatic rings. The van der Waals surface area contributed by atoms with Crippen LogP contribution in [-0.2, 0) is 24.3 Å². The van der Waals surface area contributed by atoms with Gasteiger partial charge in [-0.25, -0.2) is 9.18 Å². The fraction of sp³-hybridized carbons (Fsp3) is 0.160. The van der Waals surface area contributed by atoms with Crippen molar-refractivity contribution in [1.82, 2.24) is 10.2 Å². The lowest BCUT2D eigenvalue weighted by molar-refractivity contribution is -0.133. The molecule has 0 saturated heterocycles. The van der Waals surface area contributed by atoms with Crippen LogP contribution in [-0.4, -0.2) is 22.9 Å². The van der Waals surface area contributed by atoms with Crippen LogP contribution in [0, 0.1) is 17.1 Å². The second-order valence-corrected chi connectivity index (χ2v) is 7.63. The molecule has 0 radical (unpaired) electrons. The molecule has 32 heavy (non-hydrogen) atoms. The second kappa shape index (κ2) is 9.31. The maximum absolute atomic E-state index is 13.4. The molecule has 1 atom stereocenters. The summed E-state index contributed by atoms with van der Waals surface area (Å²) < 4.78 is 13.1. The molecule has 0 unspecified atom stereocenters. The molecule has 0 fully saturated rings. The lowest BCUT2D eigenvalue weighted by atomic mass is 10.0. The SMILES string of the molecule is N#Cc1ccc(C[C@H](NC(=O)Nc2ccc(F)cc2)C(=O)N2Cc3ccccc3C2)cc1. The number of rotatable bonds is 5. The van der Waals surface area contributed by atoms with Crippen molar-refractivity contribution in [2.45, 2.75) is 25.6 Å². The number of carbonyl (C=O) groups is 2. The van der Waals surface area contributed by atoms with Crippen molar-refractivity contribution in [3.8, 4) is 6.07 Å².